The van der Waals surface area contributed by atoms with Crippen molar-refractivity contribution in [3.8, 4) is 6.07 Å². The molecule has 0 aliphatic rings. The quantitative estimate of drug-likeness (QED) is 0.912. The number of hydrogen-bond acceptors (Lipinski definition) is 2. The van der Waals surface area contributed by atoms with Crippen LogP contribution < -0.4 is 5.32 Å². The second-order valence-electron chi connectivity index (χ2n) is 3.97. The Balaban J connectivity index is 2.71. The highest BCUT2D eigenvalue weighted by Gasteiger charge is 2.16. The third-order valence-electron chi connectivity index (χ3n) is 1.95. The summed E-state index contributed by atoms with van der Waals surface area (Å²) in [7, 11) is 0. The Morgan fingerprint density at radius 1 is 1.53 bits per heavy atom. The largest absolute Gasteiger partial charge is 0.381 e. The zero-order chi connectivity index (χ0) is 11.5. The van der Waals surface area contributed by atoms with Gasteiger partial charge in [0.1, 0.15) is 5.82 Å². The number of rotatable bonds is 3. The van der Waals surface area contributed by atoms with Gasteiger partial charge in [-0.15, -0.1) is 0 Å². The molecule has 0 bridgehead atoms. The molecule has 0 saturated heterocycles. The van der Waals surface area contributed by atoms with Crippen molar-refractivity contribution in [2.45, 2.75) is 13.8 Å². The molecular formula is C11H12BrFN2. The van der Waals surface area contributed by atoms with E-state index in [0.29, 0.717) is 16.7 Å². The average molecular weight is 271 g/mol. The number of halogens is 2. The summed E-state index contributed by atoms with van der Waals surface area (Å²) in [5.74, 6) is -0.321. The number of nitrogens with one attached hydrogen (secondary N) is 1. The highest BCUT2D eigenvalue weighted by molar-refractivity contribution is 9.10. The molecule has 0 radical (unpaired) electrons. The third-order valence-corrected chi connectivity index (χ3v) is 2.45. The minimum Gasteiger partial charge on any atom is -0.381 e. The van der Waals surface area contributed by atoms with Gasteiger partial charge < -0.3 is 5.32 Å². The molecule has 0 amide bonds. The summed E-state index contributed by atoms with van der Waals surface area (Å²) in [6.07, 6.45) is 0. The average Bonchev–Trinajstić information content (AvgIpc) is 2.16. The first kappa shape index (κ1) is 12.0. The van der Waals surface area contributed by atoms with Crippen molar-refractivity contribution in [1.29, 1.82) is 5.26 Å². The normalized spacial score (nSPS) is 10.9. The van der Waals surface area contributed by atoms with Gasteiger partial charge in [-0.3, -0.25) is 0 Å². The molecule has 0 aliphatic heterocycles. The first-order valence-electron chi connectivity index (χ1n) is 4.55. The molecule has 0 spiro atoms. The Kier molecular flexibility index (Phi) is 3.70. The van der Waals surface area contributed by atoms with Crippen LogP contribution in [0.1, 0.15) is 13.8 Å². The second-order valence-corrected chi connectivity index (χ2v) is 4.89. The fraction of sp³-hybridized carbons (Fsp3) is 0.364. The van der Waals surface area contributed by atoms with E-state index in [2.05, 4.69) is 27.3 Å². The van der Waals surface area contributed by atoms with E-state index in [1.54, 1.807) is 26.0 Å². The Hall–Kier alpha value is -1.08. The summed E-state index contributed by atoms with van der Waals surface area (Å²) in [6.45, 7) is 4.02. The molecular weight excluding hydrogens is 259 g/mol. The molecule has 0 saturated carbocycles. The van der Waals surface area contributed by atoms with Crippen molar-refractivity contribution in [2.24, 2.45) is 5.41 Å². The number of benzene rings is 1. The Morgan fingerprint density at radius 2 is 2.20 bits per heavy atom. The van der Waals surface area contributed by atoms with E-state index in [-0.39, 0.29) is 5.82 Å². The molecule has 0 fully saturated rings. The Bertz CT molecular complexity index is 396. The smallest absolute Gasteiger partial charge is 0.147 e. The molecule has 0 aromatic heterocycles. The summed E-state index contributed by atoms with van der Waals surface area (Å²) >= 11 is 3.18. The lowest BCUT2D eigenvalue weighted by atomic mass is 9.96. The zero-order valence-corrected chi connectivity index (χ0v) is 10.2. The third kappa shape index (κ3) is 3.52. The molecule has 0 aliphatic carbocycles. The number of nitrogens with zero attached hydrogens (tertiary/aromatic N) is 1. The van der Waals surface area contributed by atoms with Gasteiger partial charge in [0.2, 0.25) is 0 Å². The zero-order valence-electron chi connectivity index (χ0n) is 8.64. The van der Waals surface area contributed by atoms with Gasteiger partial charge in [0.05, 0.1) is 17.2 Å². The Morgan fingerprint density at radius 3 is 2.73 bits per heavy atom. The van der Waals surface area contributed by atoms with Crippen LogP contribution in [0.2, 0.25) is 0 Å². The lowest BCUT2D eigenvalue weighted by molar-refractivity contribution is 0.526. The van der Waals surface area contributed by atoms with Crippen LogP contribution in [0.3, 0.4) is 0 Å². The van der Waals surface area contributed by atoms with Crippen molar-refractivity contribution in [3.05, 3.63) is 28.5 Å². The van der Waals surface area contributed by atoms with Gasteiger partial charge in [-0.05, 0) is 32.0 Å². The van der Waals surface area contributed by atoms with Gasteiger partial charge in [0, 0.05) is 11.0 Å². The summed E-state index contributed by atoms with van der Waals surface area (Å²) < 4.78 is 14.1. The summed E-state index contributed by atoms with van der Waals surface area (Å²) in [5.41, 5.74) is -0.0824. The molecule has 1 aromatic rings. The van der Waals surface area contributed by atoms with Crippen LogP contribution in [0, 0.1) is 22.6 Å². The van der Waals surface area contributed by atoms with Crippen molar-refractivity contribution in [1.82, 2.24) is 0 Å². The number of nitriles is 1. The van der Waals surface area contributed by atoms with Gasteiger partial charge in [0.15, 0.2) is 0 Å². The van der Waals surface area contributed by atoms with E-state index in [0.717, 1.165) is 0 Å². The summed E-state index contributed by atoms with van der Waals surface area (Å²) in [5, 5.41) is 11.7. The lowest BCUT2D eigenvalue weighted by Gasteiger charge is -2.17. The first-order valence-corrected chi connectivity index (χ1v) is 5.34. The van der Waals surface area contributed by atoms with E-state index in [4.69, 9.17) is 5.26 Å². The molecule has 1 rings (SSSR count). The van der Waals surface area contributed by atoms with Gasteiger partial charge in [-0.1, -0.05) is 15.9 Å². The second kappa shape index (κ2) is 4.63. The lowest BCUT2D eigenvalue weighted by Crippen LogP contribution is -2.21. The molecule has 1 aromatic carbocycles. The van der Waals surface area contributed by atoms with E-state index >= 15 is 0 Å². The van der Waals surface area contributed by atoms with Gasteiger partial charge in [-0.25, -0.2) is 4.39 Å². The molecule has 0 atom stereocenters. The van der Waals surface area contributed by atoms with Crippen LogP contribution in [0.15, 0.2) is 22.7 Å². The molecule has 2 nitrogen and oxygen atoms in total. The molecule has 15 heavy (non-hydrogen) atoms. The predicted octanol–water partition coefficient (Wildman–Crippen LogP) is 3.55. The maximum absolute atomic E-state index is 13.4. The van der Waals surface area contributed by atoms with Crippen molar-refractivity contribution in [3.63, 3.8) is 0 Å². The van der Waals surface area contributed by atoms with E-state index in [9.17, 15) is 4.39 Å². The standard InChI is InChI=1S/C11H12BrFN2/c1-11(2,6-14)7-15-10-4-3-8(12)5-9(10)13/h3-5,15H,7H2,1-2H3. The van der Waals surface area contributed by atoms with Crippen molar-refractivity contribution < 1.29 is 4.39 Å². The minimum absolute atomic E-state index is 0.321. The van der Waals surface area contributed by atoms with Gasteiger partial charge in [-0.2, -0.15) is 5.26 Å². The minimum atomic E-state index is -0.500. The van der Waals surface area contributed by atoms with E-state index < -0.39 is 5.41 Å². The highest BCUT2D eigenvalue weighted by Crippen LogP contribution is 2.21. The fourth-order valence-corrected chi connectivity index (χ4v) is 1.32. The molecule has 4 heteroatoms. The SMILES string of the molecule is CC(C)(C#N)CNc1ccc(Br)cc1F. The van der Waals surface area contributed by atoms with Gasteiger partial charge in [0.25, 0.3) is 0 Å². The topological polar surface area (TPSA) is 35.8 Å². The summed E-state index contributed by atoms with van der Waals surface area (Å²) in [4.78, 5) is 0. The molecule has 0 unspecified atom stereocenters. The maximum Gasteiger partial charge on any atom is 0.147 e. The monoisotopic (exact) mass is 270 g/mol. The highest BCUT2D eigenvalue weighted by atomic mass is 79.9. The maximum atomic E-state index is 13.4. The number of anilines is 1. The first-order chi connectivity index (χ1) is 6.94. The van der Waals surface area contributed by atoms with E-state index in [1.807, 2.05) is 0 Å². The number of hydrogen-bond donors (Lipinski definition) is 1. The van der Waals surface area contributed by atoms with Crippen LogP contribution in [0.5, 0.6) is 0 Å². The van der Waals surface area contributed by atoms with Crippen LogP contribution in [0.25, 0.3) is 0 Å². The van der Waals surface area contributed by atoms with Crippen molar-refractivity contribution in [2.75, 3.05) is 11.9 Å². The van der Waals surface area contributed by atoms with Crippen molar-refractivity contribution >= 4 is 21.6 Å². The van der Waals surface area contributed by atoms with Crippen LogP contribution in [-0.4, -0.2) is 6.54 Å². The predicted molar refractivity (Wildman–Crippen MR) is 62.0 cm³/mol. The molecule has 1 N–H and O–H groups in total. The Labute approximate surface area is 97.2 Å². The summed E-state index contributed by atoms with van der Waals surface area (Å²) in [6, 6.07) is 6.94. The van der Waals surface area contributed by atoms with Crippen LogP contribution in [0.4, 0.5) is 10.1 Å². The van der Waals surface area contributed by atoms with Gasteiger partial charge >= 0.3 is 0 Å². The van der Waals surface area contributed by atoms with Crippen LogP contribution in [-0.2, 0) is 0 Å². The fourth-order valence-electron chi connectivity index (χ4n) is 0.989. The van der Waals surface area contributed by atoms with E-state index in [1.165, 1.54) is 6.07 Å². The molecule has 0 heterocycles. The molecule has 80 valence electrons. The van der Waals surface area contributed by atoms with Crippen LogP contribution >= 0.6 is 15.9 Å².